The van der Waals surface area contributed by atoms with E-state index in [-0.39, 0.29) is 11.8 Å². The second kappa shape index (κ2) is 2.47. The van der Waals surface area contributed by atoms with Gasteiger partial charge in [-0.3, -0.25) is 4.79 Å². The van der Waals surface area contributed by atoms with Gasteiger partial charge in [0.2, 0.25) is 5.69 Å². The predicted octanol–water partition coefficient (Wildman–Crippen LogP) is 1.10. The quantitative estimate of drug-likeness (QED) is 0.627. The van der Waals surface area contributed by atoms with Crippen molar-refractivity contribution in [1.29, 1.82) is 0 Å². The topological polar surface area (TPSA) is 46.1 Å². The molecule has 1 aromatic rings. The van der Waals surface area contributed by atoms with Crippen LogP contribution < -0.4 is 4.68 Å². The monoisotopic (exact) mass is 193 g/mol. The minimum absolute atomic E-state index is 0.0451. The first-order valence-electron chi connectivity index (χ1n) is 4.52. The summed E-state index contributed by atoms with van der Waals surface area (Å²) in [5.41, 5.74) is 3.23. The third-order valence-corrected chi connectivity index (χ3v) is 2.97. The van der Waals surface area contributed by atoms with Crippen LogP contribution >= 0.6 is 0 Å². The third-order valence-electron chi connectivity index (χ3n) is 2.97. The van der Waals surface area contributed by atoms with E-state index in [0.717, 1.165) is 17.0 Å². The first-order chi connectivity index (χ1) is 6.46. The molecule has 74 valence electrons. The fourth-order valence-electron chi connectivity index (χ4n) is 1.79. The number of allylic oxidation sites excluding steroid dienone is 1. The molecule has 0 unspecified atom stereocenters. The number of carbonyl (C=O) groups is 1. The van der Waals surface area contributed by atoms with Crippen LogP contribution in [0, 0.1) is 20.8 Å². The Hall–Kier alpha value is -1.58. The Bertz CT molecular complexity index is 481. The largest absolute Gasteiger partial charge is 0.458 e. The maximum absolute atomic E-state index is 11.7. The van der Waals surface area contributed by atoms with E-state index in [0.29, 0.717) is 5.57 Å². The summed E-state index contributed by atoms with van der Waals surface area (Å²) in [4.78, 5) is 11.7. The van der Waals surface area contributed by atoms with Crippen molar-refractivity contribution >= 4 is 11.8 Å². The smallest absolute Gasteiger partial charge is 0.404 e. The standard InChI is InChI=1S/C10H12N2O2/c1-5-7(3)11-9(13)6(2)10(14)12(11)8(5)4/h1-4H3/p+1. The minimum atomic E-state index is -0.142. The Balaban J connectivity index is 2.86. The molecule has 0 saturated carbocycles. The van der Waals surface area contributed by atoms with Gasteiger partial charge in [-0.05, 0) is 25.5 Å². The molecule has 4 nitrogen and oxygen atoms in total. The maximum Gasteiger partial charge on any atom is 0.404 e. The Kier molecular flexibility index (Phi) is 1.58. The van der Waals surface area contributed by atoms with Gasteiger partial charge < -0.3 is 5.11 Å². The van der Waals surface area contributed by atoms with E-state index in [1.165, 1.54) is 4.68 Å². The zero-order valence-corrected chi connectivity index (χ0v) is 8.75. The van der Waals surface area contributed by atoms with Crippen LogP contribution in [0.2, 0.25) is 0 Å². The average Bonchev–Trinajstić information content (AvgIpc) is 2.51. The number of rotatable bonds is 0. The highest BCUT2D eigenvalue weighted by atomic mass is 16.3. The molecule has 0 radical (unpaired) electrons. The Morgan fingerprint density at radius 1 is 1.21 bits per heavy atom. The van der Waals surface area contributed by atoms with Crippen LogP contribution in [0.5, 0.6) is 0 Å². The van der Waals surface area contributed by atoms with E-state index in [2.05, 4.69) is 0 Å². The van der Waals surface area contributed by atoms with Gasteiger partial charge >= 0.3 is 11.8 Å². The van der Waals surface area contributed by atoms with Crippen LogP contribution in [-0.2, 0) is 0 Å². The number of aromatic nitrogens is 2. The lowest BCUT2D eigenvalue weighted by atomic mass is 10.2. The van der Waals surface area contributed by atoms with Crippen molar-refractivity contribution in [2.45, 2.75) is 27.7 Å². The lowest BCUT2D eigenvalue weighted by molar-refractivity contribution is -0.676. The highest BCUT2D eigenvalue weighted by molar-refractivity contribution is 5.99. The zero-order chi connectivity index (χ0) is 10.6. The van der Waals surface area contributed by atoms with Crippen molar-refractivity contribution in [1.82, 2.24) is 4.68 Å². The number of nitrogens with zero attached hydrogens (tertiary/aromatic N) is 2. The molecule has 14 heavy (non-hydrogen) atoms. The molecule has 0 bridgehead atoms. The molecule has 0 fully saturated rings. The number of fused-ring (bicyclic) bond motifs is 1. The molecule has 0 aromatic carbocycles. The number of hydrogen-bond acceptors (Lipinski definition) is 2. The van der Waals surface area contributed by atoms with E-state index >= 15 is 0 Å². The van der Waals surface area contributed by atoms with Gasteiger partial charge in [0.05, 0.1) is 5.69 Å². The van der Waals surface area contributed by atoms with Crippen LogP contribution in [0.1, 0.15) is 28.7 Å². The molecule has 1 aliphatic heterocycles. The molecule has 1 aromatic heterocycles. The second-order valence-electron chi connectivity index (χ2n) is 3.67. The van der Waals surface area contributed by atoms with Crippen LogP contribution in [-0.4, -0.2) is 15.7 Å². The van der Waals surface area contributed by atoms with Crippen LogP contribution in [0.4, 0.5) is 0 Å². The summed E-state index contributed by atoms with van der Waals surface area (Å²) in [5.74, 6) is -0.0973. The van der Waals surface area contributed by atoms with Gasteiger partial charge in [0.15, 0.2) is 0 Å². The molecule has 0 amide bonds. The Labute approximate surface area is 82.1 Å². The van der Waals surface area contributed by atoms with Gasteiger partial charge in [-0.1, -0.05) is 4.68 Å². The van der Waals surface area contributed by atoms with Gasteiger partial charge in [0, 0.05) is 12.5 Å². The van der Waals surface area contributed by atoms with Gasteiger partial charge in [0.1, 0.15) is 5.57 Å². The predicted molar refractivity (Wildman–Crippen MR) is 51.0 cm³/mol. The molecule has 1 aliphatic rings. The van der Waals surface area contributed by atoms with Crippen molar-refractivity contribution in [3.63, 3.8) is 0 Å². The summed E-state index contributed by atoms with van der Waals surface area (Å²) in [5, 5.41) is 9.74. The van der Waals surface area contributed by atoms with Crippen molar-refractivity contribution in [3.05, 3.63) is 22.5 Å². The fraction of sp³-hybridized carbons (Fsp3) is 0.400. The van der Waals surface area contributed by atoms with Crippen molar-refractivity contribution < 1.29 is 14.6 Å². The highest BCUT2D eigenvalue weighted by Gasteiger charge is 2.40. The lowest BCUT2D eigenvalue weighted by Crippen LogP contribution is -2.41. The fourth-order valence-corrected chi connectivity index (χ4v) is 1.79. The molecule has 4 heteroatoms. The summed E-state index contributed by atoms with van der Waals surface area (Å²) in [6.45, 7) is 7.34. The summed E-state index contributed by atoms with van der Waals surface area (Å²) < 4.78 is 3.07. The van der Waals surface area contributed by atoms with E-state index in [9.17, 15) is 9.90 Å². The van der Waals surface area contributed by atoms with E-state index in [1.54, 1.807) is 11.6 Å². The van der Waals surface area contributed by atoms with E-state index in [1.807, 2.05) is 20.8 Å². The molecule has 2 rings (SSSR count). The third kappa shape index (κ3) is 0.780. The Morgan fingerprint density at radius 2 is 1.79 bits per heavy atom. The lowest BCUT2D eigenvalue weighted by Gasteiger charge is -1.90. The summed E-state index contributed by atoms with van der Waals surface area (Å²) in [6.07, 6.45) is 0. The summed E-state index contributed by atoms with van der Waals surface area (Å²) >= 11 is 0. The van der Waals surface area contributed by atoms with Crippen molar-refractivity contribution in [2.24, 2.45) is 0 Å². The number of aliphatic hydroxyl groups is 1. The maximum atomic E-state index is 11.7. The molecule has 1 N–H and O–H groups in total. The molecular weight excluding hydrogens is 180 g/mol. The molecule has 0 aliphatic carbocycles. The first-order valence-corrected chi connectivity index (χ1v) is 4.52. The molecular formula is C10H13N2O2+. The van der Waals surface area contributed by atoms with Gasteiger partial charge in [-0.15, -0.1) is 0 Å². The van der Waals surface area contributed by atoms with Gasteiger partial charge in [0.25, 0.3) is 0 Å². The second-order valence-corrected chi connectivity index (χ2v) is 3.67. The molecule has 0 atom stereocenters. The van der Waals surface area contributed by atoms with Crippen molar-refractivity contribution in [3.8, 4) is 0 Å². The molecule has 0 saturated heterocycles. The van der Waals surface area contributed by atoms with Gasteiger partial charge in [-0.2, -0.15) is 0 Å². The van der Waals surface area contributed by atoms with Crippen LogP contribution in [0.3, 0.4) is 0 Å². The number of hydrogen-bond donors (Lipinski definition) is 1. The molecule has 0 spiro atoms. The van der Waals surface area contributed by atoms with E-state index in [4.69, 9.17) is 0 Å². The first kappa shape index (κ1) is 8.99. The van der Waals surface area contributed by atoms with Crippen molar-refractivity contribution in [2.75, 3.05) is 0 Å². The summed E-state index contributed by atoms with van der Waals surface area (Å²) in [7, 11) is 0. The van der Waals surface area contributed by atoms with Crippen LogP contribution in [0.15, 0.2) is 5.57 Å². The van der Waals surface area contributed by atoms with Gasteiger partial charge in [-0.25, -0.2) is 0 Å². The summed E-state index contributed by atoms with van der Waals surface area (Å²) in [6, 6.07) is 0. The number of aliphatic hydroxyl groups excluding tert-OH is 1. The minimum Gasteiger partial charge on any atom is -0.458 e. The zero-order valence-electron chi connectivity index (χ0n) is 8.75. The average molecular weight is 193 g/mol. The Morgan fingerprint density at radius 3 is 2.29 bits per heavy atom. The SMILES string of the molecule is CC1=C(O)[n+]2c(C)c(C)c(C)n2C1=O. The van der Waals surface area contributed by atoms with E-state index < -0.39 is 0 Å². The highest BCUT2D eigenvalue weighted by Crippen LogP contribution is 2.19. The number of carbonyl (C=O) groups excluding carboxylic acids is 1. The molecule has 2 heterocycles. The van der Waals surface area contributed by atoms with Crippen LogP contribution in [0.25, 0.3) is 5.88 Å². The normalized spacial score (nSPS) is 15.3.